The van der Waals surface area contributed by atoms with Crippen molar-refractivity contribution in [3.8, 4) is 5.88 Å². The fourth-order valence-corrected chi connectivity index (χ4v) is 1.56. The molecule has 1 rings (SSSR count). The number of nitrogens with zero attached hydrogens (tertiary/aromatic N) is 3. The summed E-state index contributed by atoms with van der Waals surface area (Å²) in [6, 6.07) is 0. The van der Waals surface area contributed by atoms with Gasteiger partial charge in [0, 0.05) is 19.8 Å². The molecule has 0 spiro atoms. The minimum absolute atomic E-state index is 0.135. The second-order valence-corrected chi connectivity index (χ2v) is 4.63. The van der Waals surface area contributed by atoms with Crippen LogP contribution in [0.1, 0.15) is 12.0 Å². The SMILES string of the molecule is CN(C)CCCN=Cc1c(O)n(C)c(=S)[nH]c1=O. The first-order valence-electron chi connectivity index (χ1n) is 5.60. The van der Waals surface area contributed by atoms with Crippen molar-refractivity contribution in [1.82, 2.24) is 14.5 Å². The Bertz CT molecular complexity index is 545. The molecular formula is C11H18N4O2S. The van der Waals surface area contributed by atoms with E-state index in [1.54, 1.807) is 7.05 Å². The minimum atomic E-state index is -0.424. The Morgan fingerprint density at radius 2 is 2.22 bits per heavy atom. The Morgan fingerprint density at radius 1 is 1.56 bits per heavy atom. The van der Waals surface area contributed by atoms with Crippen molar-refractivity contribution in [3.63, 3.8) is 0 Å². The summed E-state index contributed by atoms with van der Waals surface area (Å²) >= 11 is 4.87. The number of aromatic amines is 1. The van der Waals surface area contributed by atoms with Crippen LogP contribution in [0.3, 0.4) is 0 Å². The monoisotopic (exact) mass is 270 g/mol. The molecule has 0 aromatic carbocycles. The van der Waals surface area contributed by atoms with Gasteiger partial charge in [-0.3, -0.25) is 19.3 Å². The highest BCUT2D eigenvalue weighted by Gasteiger charge is 2.07. The molecule has 0 radical (unpaired) electrons. The Labute approximate surface area is 111 Å². The predicted octanol–water partition coefficient (Wildman–Crippen LogP) is 0.519. The van der Waals surface area contributed by atoms with Crippen molar-refractivity contribution in [2.45, 2.75) is 6.42 Å². The molecule has 0 unspecified atom stereocenters. The van der Waals surface area contributed by atoms with Crippen LogP contribution in [0, 0.1) is 4.77 Å². The first kappa shape index (κ1) is 14.6. The van der Waals surface area contributed by atoms with Gasteiger partial charge in [-0.25, -0.2) is 0 Å². The topological polar surface area (TPSA) is 73.6 Å². The minimum Gasteiger partial charge on any atom is -0.494 e. The van der Waals surface area contributed by atoms with E-state index in [2.05, 4.69) is 14.9 Å². The van der Waals surface area contributed by atoms with Crippen LogP contribution in [-0.2, 0) is 7.05 Å². The second kappa shape index (κ2) is 6.46. The summed E-state index contributed by atoms with van der Waals surface area (Å²) in [6.45, 7) is 1.54. The number of aromatic nitrogens is 2. The van der Waals surface area contributed by atoms with E-state index in [-0.39, 0.29) is 16.2 Å². The smallest absolute Gasteiger partial charge is 0.264 e. The number of aliphatic imine (C=N–C) groups is 1. The summed E-state index contributed by atoms with van der Waals surface area (Å²) in [4.78, 5) is 20.2. The van der Waals surface area contributed by atoms with E-state index >= 15 is 0 Å². The Kier molecular flexibility index (Phi) is 5.24. The number of rotatable bonds is 5. The quantitative estimate of drug-likeness (QED) is 0.465. The summed E-state index contributed by atoms with van der Waals surface area (Å²) in [5.74, 6) is -0.167. The van der Waals surface area contributed by atoms with Gasteiger partial charge in [-0.1, -0.05) is 0 Å². The average molecular weight is 270 g/mol. The van der Waals surface area contributed by atoms with Gasteiger partial charge in [-0.15, -0.1) is 0 Å². The molecule has 0 saturated carbocycles. The summed E-state index contributed by atoms with van der Waals surface area (Å²) in [5, 5.41) is 9.78. The number of aromatic hydroxyl groups is 1. The van der Waals surface area contributed by atoms with Crippen molar-refractivity contribution in [2.75, 3.05) is 27.2 Å². The van der Waals surface area contributed by atoms with Crippen LogP contribution >= 0.6 is 12.2 Å². The lowest BCUT2D eigenvalue weighted by atomic mass is 10.3. The fourth-order valence-electron chi connectivity index (χ4n) is 1.38. The molecule has 1 aromatic rings. The van der Waals surface area contributed by atoms with Gasteiger partial charge in [0.1, 0.15) is 5.56 Å². The summed E-state index contributed by atoms with van der Waals surface area (Å²) in [6.07, 6.45) is 2.28. The van der Waals surface area contributed by atoms with Gasteiger partial charge in [0.05, 0.1) is 0 Å². The third-order valence-electron chi connectivity index (χ3n) is 2.44. The summed E-state index contributed by atoms with van der Waals surface area (Å²) in [7, 11) is 5.56. The maximum atomic E-state index is 11.6. The molecule has 0 atom stereocenters. The zero-order valence-corrected chi connectivity index (χ0v) is 11.6. The van der Waals surface area contributed by atoms with Gasteiger partial charge in [-0.05, 0) is 39.3 Å². The highest BCUT2D eigenvalue weighted by atomic mass is 32.1. The van der Waals surface area contributed by atoms with E-state index < -0.39 is 5.56 Å². The number of hydrogen-bond acceptors (Lipinski definition) is 5. The molecule has 1 heterocycles. The predicted molar refractivity (Wildman–Crippen MR) is 74.2 cm³/mol. The Hall–Kier alpha value is -1.47. The third kappa shape index (κ3) is 3.78. The first-order chi connectivity index (χ1) is 8.43. The molecule has 18 heavy (non-hydrogen) atoms. The van der Waals surface area contributed by atoms with Crippen molar-refractivity contribution in [1.29, 1.82) is 0 Å². The molecule has 1 aromatic heterocycles. The standard InChI is InChI=1S/C11H18N4O2S/c1-14(2)6-4-5-12-7-8-9(16)13-11(18)15(3)10(8)17/h7,17H,4-6H2,1-3H3,(H,13,16,18). The molecule has 0 aliphatic rings. The molecular weight excluding hydrogens is 252 g/mol. The third-order valence-corrected chi connectivity index (χ3v) is 2.82. The van der Waals surface area contributed by atoms with E-state index in [4.69, 9.17) is 12.2 Å². The van der Waals surface area contributed by atoms with Gasteiger partial charge in [-0.2, -0.15) is 0 Å². The van der Waals surface area contributed by atoms with E-state index in [0.717, 1.165) is 13.0 Å². The van der Waals surface area contributed by atoms with Crippen LogP contribution in [0.25, 0.3) is 0 Å². The highest BCUT2D eigenvalue weighted by Crippen LogP contribution is 2.08. The second-order valence-electron chi connectivity index (χ2n) is 4.25. The molecule has 7 heteroatoms. The van der Waals surface area contributed by atoms with Gasteiger partial charge in [0.15, 0.2) is 4.77 Å². The molecule has 0 aliphatic heterocycles. The normalized spacial score (nSPS) is 11.6. The van der Waals surface area contributed by atoms with E-state index in [9.17, 15) is 9.90 Å². The molecule has 0 aliphatic carbocycles. The fraction of sp³-hybridized carbons (Fsp3) is 0.545. The molecule has 6 nitrogen and oxygen atoms in total. The van der Waals surface area contributed by atoms with Gasteiger partial charge in [0.25, 0.3) is 5.56 Å². The first-order valence-corrected chi connectivity index (χ1v) is 6.01. The van der Waals surface area contributed by atoms with Gasteiger partial charge < -0.3 is 10.0 Å². The molecule has 0 bridgehead atoms. The summed E-state index contributed by atoms with van der Waals surface area (Å²) < 4.78 is 1.51. The molecule has 100 valence electrons. The Balaban J connectivity index is 2.79. The zero-order chi connectivity index (χ0) is 13.7. The van der Waals surface area contributed by atoms with Crippen LogP contribution in [0.4, 0.5) is 0 Å². The number of nitrogens with one attached hydrogen (secondary N) is 1. The van der Waals surface area contributed by atoms with Gasteiger partial charge >= 0.3 is 0 Å². The average Bonchev–Trinajstić information content (AvgIpc) is 2.29. The van der Waals surface area contributed by atoms with E-state index in [0.29, 0.717) is 6.54 Å². The van der Waals surface area contributed by atoms with E-state index in [1.807, 2.05) is 14.1 Å². The highest BCUT2D eigenvalue weighted by molar-refractivity contribution is 7.71. The number of hydrogen-bond donors (Lipinski definition) is 2. The Morgan fingerprint density at radius 3 is 2.83 bits per heavy atom. The maximum absolute atomic E-state index is 11.6. The van der Waals surface area contributed by atoms with Crippen LogP contribution in [0.15, 0.2) is 9.79 Å². The van der Waals surface area contributed by atoms with Crippen LogP contribution in [0.2, 0.25) is 0 Å². The summed E-state index contributed by atoms with van der Waals surface area (Å²) in [5.41, 5.74) is -0.289. The van der Waals surface area contributed by atoms with Crippen molar-refractivity contribution in [2.24, 2.45) is 12.0 Å². The molecule has 0 saturated heterocycles. The lowest BCUT2D eigenvalue weighted by Crippen LogP contribution is -2.17. The molecule has 0 fully saturated rings. The van der Waals surface area contributed by atoms with Crippen LogP contribution < -0.4 is 5.56 Å². The van der Waals surface area contributed by atoms with Gasteiger partial charge in [0.2, 0.25) is 5.88 Å². The maximum Gasteiger partial charge on any atom is 0.264 e. The lowest BCUT2D eigenvalue weighted by molar-refractivity contribution is 0.403. The van der Waals surface area contributed by atoms with E-state index in [1.165, 1.54) is 10.8 Å². The molecule has 0 amide bonds. The molecule has 2 N–H and O–H groups in total. The van der Waals surface area contributed by atoms with Crippen LogP contribution in [0.5, 0.6) is 5.88 Å². The van der Waals surface area contributed by atoms with Crippen LogP contribution in [-0.4, -0.2) is 53.0 Å². The lowest BCUT2D eigenvalue weighted by Gasteiger charge is -2.07. The van der Waals surface area contributed by atoms with Crippen molar-refractivity contribution < 1.29 is 5.11 Å². The number of H-pyrrole nitrogens is 1. The van der Waals surface area contributed by atoms with Crippen molar-refractivity contribution in [3.05, 3.63) is 20.7 Å². The largest absolute Gasteiger partial charge is 0.494 e. The zero-order valence-electron chi connectivity index (χ0n) is 10.8. The van der Waals surface area contributed by atoms with Crippen molar-refractivity contribution >= 4 is 18.4 Å².